The normalized spacial score (nSPS) is 9.70. The van der Waals surface area contributed by atoms with Crippen molar-refractivity contribution in [3.05, 3.63) is 0 Å². The van der Waals surface area contributed by atoms with E-state index in [2.05, 4.69) is 4.18 Å². The van der Waals surface area contributed by atoms with Gasteiger partial charge in [0, 0.05) is 0 Å². The summed E-state index contributed by atoms with van der Waals surface area (Å²) >= 11 is 0. The number of carbonyl (C=O) groups excluding carboxylic acids is 1. The maximum atomic E-state index is 10.4. The fourth-order valence-electron chi connectivity index (χ4n) is 0.358. The average Bonchev–Trinajstić information content (AvgIpc) is 1.64. The Labute approximate surface area is 82.4 Å². The number of rotatable bonds is 4. The van der Waals surface area contributed by atoms with E-state index < -0.39 is 10.1 Å². The van der Waals surface area contributed by atoms with Gasteiger partial charge in [-0.25, -0.2) is 0 Å². The third-order valence-electron chi connectivity index (χ3n) is 0.640. The topological polar surface area (TPSA) is 60.4 Å². The second kappa shape index (κ2) is 6.15. The SMILES string of the molecule is CCCS(=O)(=O)OC=O.[NaH]. The van der Waals surface area contributed by atoms with E-state index in [1.165, 1.54) is 0 Å². The monoisotopic (exact) mass is 176 g/mol. The number of hydrogen-bond donors (Lipinski definition) is 0. The Balaban J connectivity index is 0. The second-order valence-electron chi connectivity index (χ2n) is 1.45. The molecular weight excluding hydrogens is 167 g/mol. The summed E-state index contributed by atoms with van der Waals surface area (Å²) in [5, 5.41) is 0. The van der Waals surface area contributed by atoms with Gasteiger partial charge >= 0.3 is 46.1 Å². The van der Waals surface area contributed by atoms with Gasteiger partial charge < -0.3 is 4.18 Å². The molecule has 0 aromatic heterocycles. The fourth-order valence-corrected chi connectivity index (χ4v) is 1.07. The molecule has 0 unspecified atom stereocenters. The standard InChI is InChI=1S/C4H8O4S.Na.H/c1-2-3-9(6,7)8-4-5;;/h4H,2-3H2,1H3;;. The summed E-state index contributed by atoms with van der Waals surface area (Å²) in [5.74, 6) is -0.105. The van der Waals surface area contributed by atoms with Crippen molar-refractivity contribution in [3.63, 3.8) is 0 Å². The van der Waals surface area contributed by atoms with Crippen molar-refractivity contribution < 1.29 is 17.4 Å². The first kappa shape index (κ1) is 13.0. The Morgan fingerprint density at radius 3 is 2.30 bits per heavy atom. The first-order valence-corrected chi connectivity index (χ1v) is 4.04. The van der Waals surface area contributed by atoms with E-state index in [9.17, 15) is 13.2 Å². The van der Waals surface area contributed by atoms with E-state index in [0.717, 1.165) is 0 Å². The molecular formula is C4H9NaO4S. The van der Waals surface area contributed by atoms with Crippen LogP contribution in [0, 0.1) is 0 Å². The van der Waals surface area contributed by atoms with Crippen LogP contribution in [0.3, 0.4) is 0 Å². The number of carbonyl (C=O) groups is 1. The van der Waals surface area contributed by atoms with E-state index in [1.807, 2.05) is 0 Å². The van der Waals surface area contributed by atoms with Gasteiger partial charge in [0.1, 0.15) is 0 Å². The van der Waals surface area contributed by atoms with E-state index in [4.69, 9.17) is 0 Å². The molecule has 0 aliphatic carbocycles. The molecule has 0 aliphatic heterocycles. The number of hydrogen-bond acceptors (Lipinski definition) is 4. The molecule has 0 spiro atoms. The predicted octanol–water partition coefficient (Wildman–Crippen LogP) is -0.749. The maximum absolute atomic E-state index is 10.4. The molecule has 0 aromatic rings. The second-order valence-corrected chi connectivity index (χ2v) is 3.17. The molecule has 0 saturated heterocycles. The molecule has 56 valence electrons. The van der Waals surface area contributed by atoms with Crippen molar-refractivity contribution in [2.75, 3.05) is 5.75 Å². The summed E-state index contributed by atoms with van der Waals surface area (Å²) < 4.78 is 24.5. The molecule has 0 aromatic carbocycles. The molecule has 10 heavy (non-hydrogen) atoms. The van der Waals surface area contributed by atoms with Crippen LogP contribution in [0.4, 0.5) is 0 Å². The molecule has 0 saturated carbocycles. The van der Waals surface area contributed by atoms with E-state index >= 15 is 0 Å². The van der Waals surface area contributed by atoms with Gasteiger partial charge in [-0.15, -0.1) is 0 Å². The van der Waals surface area contributed by atoms with Crippen LogP contribution in [-0.2, 0) is 19.1 Å². The van der Waals surface area contributed by atoms with E-state index in [0.29, 0.717) is 6.42 Å². The zero-order valence-corrected chi connectivity index (χ0v) is 5.85. The minimum atomic E-state index is -3.55. The molecule has 0 bridgehead atoms. The summed E-state index contributed by atoms with van der Waals surface area (Å²) in [7, 11) is -3.55. The van der Waals surface area contributed by atoms with Crippen LogP contribution < -0.4 is 0 Å². The van der Waals surface area contributed by atoms with Crippen LogP contribution >= 0.6 is 0 Å². The fraction of sp³-hybridized carbons (Fsp3) is 0.750. The summed E-state index contributed by atoms with van der Waals surface area (Å²) in [5.41, 5.74) is 0. The van der Waals surface area contributed by atoms with E-state index in [-0.39, 0.29) is 41.8 Å². The van der Waals surface area contributed by atoms with Gasteiger partial charge in [-0.3, -0.25) is 4.79 Å². The zero-order chi connectivity index (χ0) is 7.33. The van der Waals surface area contributed by atoms with Crippen molar-refractivity contribution in [1.82, 2.24) is 0 Å². The van der Waals surface area contributed by atoms with Gasteiger partial charge in [0.15, 0.2) is 0 Å². The van der Waals surface area contributed by atoms with Crippen LogP contribution in [0.5, 0.6) is 0 Å². The summed E-state index contributed by atoms with van der Waals surface area (Å²) in [6.45, 7) is 1.61. The molecule has 0 atom stereocenters. The van der Waals surface area contributed by atoms with Gasteiger partial charge in [-0.2, -0.15) is 8.42 Å². The van der Waals surface area contributed by atoms with Gasteiger partial charge in [-0.1, -0.05) is 6.92 Å². The zero-order valence-electron chi connectivity index (χ0n) is 5.03. The summed E-state index contributed by atoms with van der Waals surface area (Å²) in [4.78, 5) is 9.49. The molecule has 0 N–H and O–H groups in total. The van der Waals surface area contributed by atoms with Gasteiger partial charge in [0.25, 0.3) is 0 Å². The molecule has 0 rings (SSSR count). The third kappa shape index (κ3) is 6.54. The molecule has 0 amide bonds. The quantitative estimate of drug-likeness (QED) is 0.321. The van der Waals surface area contributed by atoms with Crippen LogP contribution in [-0.4, -0.2) is 50.2 Å². The van der Waals surface area contributed by atoms with E-state index in [1.54, 1.807) is 6.92 Å². The molecule has 0 aliphatic rings. The Morgan fingerprint density at radius 2 is 2.00 bits per heavy atom. The van der Waals surface area contributed by atoms with Gasteiger partial charge in [-0.05, 0) is 6.42 Å². The van der Waals surface area contributed by atoms with Crippen molar-refractivity contribution in [1.29, 1.82) is 0 Å². The van der Waals surface area contributed by atoms with Crippen LogP contribution in [0.15, 0.2) is 0 Å². The van der Waals surface area contributed by atoms with Crippen molar-refractivity contribution in [2.24, 2.45) is 0 Å². The van der Waals surface area contributed by atoms with Crippen molar-refractivity contribution >= 4 is 46.1 Å². The molecule has 0 fully saturated rings. The first-order chi connectivity index (χ1) is 4.12. The molecule has 6 heteroatoms. The van der Waals surface area contributed by atoms with Crippen LogP contribution in [0.25, 0.3) is 0 Å². The molecule has 0 heterocycles. The first-order valence-electron chi connectivity index (χ1n) is 2.47. The average molecular weight is 176 g/mol. The Morgan fingerprint density at radius 1 is 1.50 bits per heavy atom. The predicted molar refractivity (Wildman–Crippen MR) is 38.4 cm³/mol. The summed E-state index contributed by atoms with van der Waals surface area (Å²) in [6, 6.07) is 0. The van der Waals surface area contributed by atoms with Crippen LogP contribution in [0.1, 0.15) is 13.3 Å². The van der Waals surface area contributed by atoms with Crippen LogP contribution in [0.2, 0.25) is 0 Å². The van der Waals surface area contributed by atoms with Gasteiger partial charge in [0.2, 0.25) is 0 Å². The van der Waals surface area contributed by atoms with Gasteiger partial charge in [0.05, 0.1) is 5.75 Å². The molecule has 4 nitrogen and oxygen atoms in total. The minimum absolute atomic E-state index is 0. The Hall–Kier alpha value is 0.420. The van der Waals surface area contributed by atoms with Crippen molar-refractivity contribution in [3.8, 4) is 0 Å². The summed E-state index contributed by atoms with van der Waals surface area (Å²) in [6.07, 6.45) is 0.455. The Bertz CT molecular complexity index is 174. The Kier molecular flexibility index (Phi) is 8.02. The molecule has 0 radical (unpaired) electrons. The van der Waals surface area contributed by atoms with Crippen molar-refractivity contribution in [2.45, 2.75) is 13.3 Å². The third-order valence-corrected chi connectivity index (χ3v) is 1.92.